The molecule has 2 aliphatic heterocycles. The quantitative estimate of drug-likeness (QED) is 0.830. The summed E-state index contributed by atoms with van der Waals surface area (Å²) < 4.78 is 5.44. The van der Waals surface area contributed by atoms with E-state index in [4.69, 9.17) is 4.74 Å². The highest BCUT2D eigenvalue weighted by Crippen LogP contribution is 2.26. The third-order valence-electron chi connectivity index (χ3n) is 4.92. The molecule has 2 atom stereocenters. The van der Waals surface area contributed by atoms with Gasteiger partial charge in [-0.2, -0.15) is 0 Å². The number of hydrogen-bond donors (Lipinski definition) is 1. The van der Waals surface area contributed by atoms with E-state index in [-0.39, 0.29) is 23.8 Å². The molecule has 3 heterocycles. The van der Waals surface area contributed by atoms with E-state index in [1.165, 1.54) is 11.3 Å². The summed E-state index contributed by atoms with van der Waals surface area (Å²) in [6, 6.07) is -0.478. The van der Waals surface area contributed by atoms with Gasteiger partial charge in [0.15, 0.2) is 5.13 Å². The normalized spacial score (nSPS) is 22.8. The molecule has 1 N–H and O–H groups in total. The molecule has 2 saturated heterocycles. The highest BCUT2D eigenvalue weighted by atomic mass is 32.1. The van der Waals surface area contributed by atoms with Crippen LogP contribution in [0.3, 0.4) is 0 Å². The lowest BCUT2D eigenvalue weighted by atomic mass is 9.96. The number of carbonyl (C=O) groups is 3. The van der Waals surface area contributed by atoms with E-state index in [2.05, 4.69) is 10.3 Å². The summed E-state index contributed by atoms with van der Waals surface area (Å²) in [6.07, 6.45) is 4.15. The molecular formula is C19H28N4O4S. The average Bonchev–Trinajstić information content (AvgIpc) is 3.31. The molecule has 0 aliphatic carbocycles. The Labute approximate surface area is 169 Å². The molecule has 3 amide bonds. The number of carbonyl (C=O) groups excluding carboxylic acids is 3. The van der Waals surface area contributed by atoms with Crippen LogP contribution in [0.5, 0.6) is 0 Å². The van der Waals surface area contributed by atoms with E-state index in [1.54, 1.807) is 21.4 Å². The van der Waals surface area contributed by atoms with Gasteiger partial charge in [0.25, 0.3) is 0 Å². The summed E-state index contributed by atoms with van der Waals surface area (Å²) in [7, 11) is 0. The SMILES string of the molecule is CC(C)(C)OC(=O)N1CCCC(C(=O)N2CCCC2C(=O)Nc2nccs2)C1. The molecule has 2 aliphatic rings. The molecular weight excluding hydrogens is 380 g/mol. The third kappa shape index (κ3) is 5.01. The summed E-state index contributed by atoms with van der Waals surface area (Å²) in [5.74, 6) is -0.541. The Bertz CT molecular complexity index is 716. The van der Waals surface area contributed by atoms with Crippen LogP contribution in [0.2, 0.25) is 0 Å². The predicted octanol–water partition coefficient (Wildman–Crippen LogP) is 2.72. The minimum Gasteiger partial charge on any atom is -0.444 e. The van der Waals surface area contributed by atoms with Crippen LogP contribution in [0.25, 0.3) is 0 Å². The van der Waals surface area contributed by atoms with E-state index in [0.29, 0.717) is 31.2 Å². The largest absolute Gasteiger partial charge is 0.444 e. The number of thiazole rings is 1. The van der Waals surface area contributed by atoms with Gasteiger partial charge >= 0.3 is 6.09 Å². The lowest BCUT2D eigenvalue weighted by Gasteiger charge is -2.36. The first-order valence-electron chi connectivity index (χ1n) is 9.73. The van der Waals surface area contributed by atoms with Crippen molar-refractivity contribution in [2.24, 2.45) is 5.92 Å². The number of piperidine rings is 1. The summed E-state index contributed by atoms with van der Waals surface area (Å²) in [5, 5.41) is 5.13. The summed E-state index contributed by atoms with van der Waals surface area (Å²) in [6.45, 7) is 6.98. The Morgan fingerprint density at radius 1 is 1.21 bits per heavy atom. The molecule has 1 aromatic rings. The van der Waals surface area contributed by atoms with Crippen LogP contribution in [0.4, 0.5) is 9.93 Å². The lowest BCUT2D eigenvalue weighted by Crippen LogP contribution is -2.51. The Balaban J connectivity index is 1.61. The monoisotopic (exact) mass is 408 g/mol. The van der Waals surface area contributed by atoms with Gasteiger partial charge in [-0.3, -0.25) is 9.59 Å². The van der Waals surface area contributed by atoms with Gasteiger partial charge in [-0.05, 0) is 46.5 Å². The standard InChI is InChI=1S/C19H28N4O4S/c1-19(2,3)27-18(26)22-9-4-6-13(12-22)16(25)23-10-5-7-14(23)15(24)21-17-20-8-11-28-17/h8,11,13-14H,4-7,9-10,12H2,1-3H3,(H,20,21,24). The molecule has 0 bridgehead atoms. The first-order valence-corrected chi connectivity index (χ1v) is 10.6. The van der Waals surface area contributed by atoms with Crippen LogP contribution in [0, 0.1) is 5.92 Å². The first kappa shape index (κ1) is 20.6. The fourth-order valence-corrected chi connectivity index (χ4v) is 4.21. The average molecular weight is 409 g/mol. The summed E-state index contributed by atoms with van der Waals surface area (Å²) in [5.41, 5.74) is -0.567. The Morgan fingerprint density at radius 3 is 2.64 bits per heavy atom. The van der Waals surface area contributed by atoms with Crippen molar-refractivity contribution in [3.63, 3.8) is 0 Å². The van der Waals surface area contributed by atoms with Gasteiger partial charge in [0, 0.05) is 31.2 Å². The number of amides is 3. The minimum atomic E-state index is -0.567. The van der Waals surface area contributed by atoms with Gasteiger partial charge in [0.2, 0.25) is 11.8 Å². The Morgan fingerprint density at radius 2 is 1.96 bits per heavy atom. The second-order valence-corrected chi connectivity index (χ2v) is 9.18. The van der Waals surface area contributed by atoms with Crippen molar-refractivity contribution < 1.29 is 19.1 Å². The van der Waals surface area contributed by atoms with E-state index in [9.17, 15) is 14.4 Å². The number of aromatic nitrogens is 1. The van der Waals surface area contributed by atoms with E-state index < -0.39 is 11.6 Å². The second kappa shape index (κ2) is 8.46. The fraction of sp³-hybridized carbons (Fsp3) is 0.684. The summed E-state index contributed by atoms with van der Waals surface area (Å²) in [4.78, 5) is 45.5. The van der Waals surface area contributed by atoms with Crippen molar-refractivity contribution in [2.45, 2.75) is 58.1 Å². The van der Waals surface area contributed by atoms with Gasteiger partial charge in [-0.15, -0.1) is 11.3 Å². The number of nitrogens with one attached hydrogen (secondary N) is 1. The van der Waals surface area contributed by atoms with Crippen LogP contribution in [-0.2, 0) is 14.3 Å². The van der Waals surface area contributed by atoms with Crippen molar-refractivity contribution in [1.82, 2.24) is 14.8 Å². The predicted molar refractivity (Wildman–Crippen MR) is 106 cm³/mol. The van der Waals surface area contributed by atoms with Crippen molar-refractivity contribution in [1.29, 1.82) is 0 Å². The number of ether oxygens (including phenoxy) is 1. The van der Waals surface area contributed by atoms with Gasteiger partial charge in [0.05, 0.1) is 5.92 Å². The zero-order valence-corrected chi connectivity index (χ0v) is 17.5. The maximum absolute atomic E-state index is 13.1. The zero-order chi connectivity index (χ0) is 20.3. The Kier molecular flexibility index (Phi) is 6.22. The van der Waals surface area contributed by atoms with Crippen molar-refractivity contribution in [3.05, 3.63) is 11.6 Å². The van der Waals surface area contributed by atoms with Gasteiger partial charge < -0.3 is 19.9 Å². The van der Waals surface area contributed by atoms with Crippen LogP contribution in [0.15, 0.2) is 11.6 Å². The van der Waals surface area contributed by atoms with Crippen molar-refractivity contribution in [3.8, 4) is 0 Å². The number of nitrogens with zero attached hydrogens (tertiary/aromatic N) is 3. The molecule has 0 radical (unpaired) electrons. The molecule has 8 nitrogen and oxygen atoms in total. The highest BCUT2D eigenvalue weighted by molar-refractivity contribution is 7.13. The molecule has 9 heteroatoms. The lowest BCUT2D eigenvalue weighted by molar-refractivity contribution is -0.141. The van der Waals surface area contributed by atoms with Gasteiger partial charge in [0.1, 0.15) is 11.6 Å². The first-order chi connectivity index (χ1) is 13.2. The zero-order valence-electron chi connectivity index (χ0n) is 16.6. The van der Waals surface area contributed by atoms with Crippen molar-refractivity contribution in [2.75, 3.05) is 25.0 Å². The van der Waals surface area contributed by atoms with Crippen LogP contribution in [0.1, 0.15) is 46.5 Å². The van der Waals surface area contributed by atoms with Crippen LogP contribution in [-0.4, -0.2) is 64.0 Å². The molecule has 1 aromatic heterocycles. The van der Waals surface area contributed by atoms with Crippen molar-refractivity contribution >= 4 is 34.4 Å². The maximum atomic E-state index is 13.1. The van der Waals surface area contributed by atoms with E-state index in [1.807, 2.05) is 20.8 Å². The molecule has 0 aromatic carbocycles. The molecule has 2 unspecified atom stereocenters. The van der Waals surface area contributed by atoms with Crippen LogP contribution >= 0.6 is 11.3 Å². The number of likely N-dealkylation sites (tertiary alicyclic amines) is 2. The summed E-state index contributed by atoms with van der Waals surface area (Å²) >= 11 is 1.35. The molecule has 0 spiro atoms. The highest BCUT2D eigenvalue weighted by Gasteiger charge is 2.39. The number of hydrogen-bond acceptors (Lipinski definition) is 6. The third-order valence-corrected chi connectivity index (χ3v) is 5.61. The smallest absolute Gasteiger partial charge is 0.410 e. The minimum absolute atomic E-state index is 0.0509. The van der Waals surface area contributed by atoms with Gasteiger partial charge in [-0.25, -0.2) is 9.78 Å². The van der Waals surface area contributed by atoms with E-state index in [0.717, 1.165) is 19.3 Å². The Hall–Kier alpha value is -2.16. The topological polar surface area (TPSA) is 91.8 Å². The molecule has 2 fully saturated rings. The second-order valence-electron chi connectivity index (χ2n) is 8.28. The maximum Gasteiger partial charge on any atom is 0.410 e. The molecule has 0 saturated carbocycles. The fourth-order valence-electron chi connectivity index (χ4n) is 3.68. The van der Waals surface area contributed by atoms with E-state index >= 15 is 0 Å². The number of rotatable bonds is 3. The molecule has 154 valence electrons. The van der Waals surface area contributed by atoms with Gasteiger partial charge in [-0.1, -0.05) is 0 Å². The number of anilines is 1. The molecule has 28 heavy (non-hydrogen) atoms. The van der Waals surface area contributed by atoms with Crippen LogP contribution < -0.4 is 5.32 Å². The molecule has 3 rings (SSSR count).